The van der Waals surface area contributed by atoms with Gasteiger partial charge in [0.25, 0.3) is 0 Å². The number of hydrogen-bond donors (Lipinski definition) is 1. The van der Waals surface area contributed by atoms with Gasteiger partial charge in [0, 0.05) is 24.7 Å². The SMILES string of the molecule is Cc1ccc(N2CC(C(=O)Nc3ccc(F)cc3F)CC2=O)cc1C. The number of carbonyl (C=O) groups excluding carboxylic acids is 2. The lowest BCUT2D eigenvalue weighted by atomic mass is 10.1. The first-order valence-electron chi connectivity index (χ1n) is 7.98. The number of nitrogens with zero attached hydrogens (tertiary/aromatic N) is 1. The summed E-state index contributed by atoms with van der Waals surface area (Å²) in [6.45, 7) is 4.18. The van der Waals surface area contributed by atoms with Crippen molar-refractivity contribution in [2.24, 2.45) is 5.92 Å². The fraction of sp³-hybridized carbons (Fsp3) is 0.263. The molecule has 3 rings (SSSR count). The van der Waals surface area contributed by atoms with Gasteiger partial charge in [0.05, 0.1) is 11.6 Å². The van der Waals surface area contributed by atoms with Crippen LogP contribution in [0.25, 0.3) is 0 Å². The Balaban J connectivity index is 1.73. The third kappa shape index (κ3) is 3.52. The molecule has 0 spiro atoms. The maximum absolute atomic E-state index is 13.7. The number of amides is 2. The van der Waals surface area contributed by atoms with E-state index >= 15 is 0 Å². The Kier molecular flexibility index (Phi) is 4.53. The third-order valence-corrected chi connectivity index (χ3v) is 4.49. The number of aryl methyl sites for hydroxylation is 2. The molecule has 6 heteroatoms. The minimum Gasteiger partial charge on any atom is -0.323 e. The Labute approximate surface area is 144 Å². The summed E-state index contributed by atoms with van der Waals surface area (Å²) in [5.41, 5.74) is 2.84. The van der Waals surface area contributed by atoms with Crippen molar-refractivity contribution in [1.29, 1.82) is 0 Å². The number of halogens is 2. The molecule has 1 atom stereocenters. The van der Waals surface area contributed by atoms with Gasteiger partial charge in [0.2, 0.25) is 11.8 Å². The second-order valence-electron chi connectivity index (χ2n) is 6.29. The second kappa shape index (κ2) is 6.63. The number of benzene rings is 2. The summed E-state index contributed by atoms with van der Waals surface area (Å²) in [5.74, 6) is -2.75. The van der Waals surface area contributed by atoms with Crippen LogP contribution in [0.5, 0.6) is 0 Å². The van der Waals surface area contributed by atoms with Crippen molar-refractivity contribution in [3.05, 3.63) is 59.2 Å². The highest BCUT2D eigenvalue weighted by Crippen LogP contribution is 2.28. The molecule has 2 amide bonds. The molecule has 1 aliphatic heterocycles. The van der Waals surface area contributed by atoms with Crippen molar-refractivity contribution >= 4 is 23.2 Å². The van der Waals surface area contributed by atoms with E-state index in [1.807, 2.05) is 32.0 Å². The van der Waals surface area contributed by atoms with E-state index in [0.717, 1.165) is 22.9 Å². The lowest BCUT2D eigenvalue weighted by molar-refractivity contribution is -0.122. The van der Waals surface area contributed by atoms with E-state index in [2.05, 4.69) is 5.32 Å². The summed E-state index contributed by atoms with van der Waals surface area (Å²) in [4.78, 5) is 26.2. The van der Waals surface area contributed by atoms with Gasteiger partial charge >= 0.3 is 0 Å². The average Bonchev–Trinajstić information content (AvgIpc) is 2.95. The van der Waals surface area contributed by atoms with Crippen LogP contribution in [-0.2, 0) is 9.59 Å². The minimum absolute atomic E-state index is 0.0571. The minimum atomic E-state index is -0.844. The predicted octanol–water partition coefficient (Wildman–Crippen LogP) is 3.57. The highest BCUT2D eigenvalue weighted by Gasteiger charge is 2.35. The summed E-state index contributed by atoms with van der Waals surface area (Å²) < 4.78 is 26.6. The van der Waals surface area contributed by atoms with Gasteiger partial charge in [-0.2, -0.15) is 0 Å². The van der Waals surface area contributed by atoms with E-state index in [0.29, 0.717) is 6.07 Å². The van der Waals surface area contributed by atoms with E-state index in [-0.39, 0.29) is 24.6 Å². The van der Waals surface area contributed by atoms with Crippen LogP contribution in [-0.4, -0.2) is 18.4 Å². The fourth-order valence-electron chi connectivity index (χ4n) is 2.85. The van der Waals surface area contributed by atoms with Crippen LogP contribution in [0.15, 0.2) is 36.4 Å². The molecule has 25 heavy (non-hydrogen) atoms. The van der Waals surface area contributed by atoms with Crippen LogP contribution in [0.2, 0.25) is 0 Å². The highest BCUT2D eigenvalue weighted by atomic mass is 19.1. The molecule has 0 radical (unpaired) electrons. The fourth-order valence-corrected chi connectivity index (χ4v) is 2.85. The van der Waals surface area contributed by atoms with Gasteiger partial charge in [0.15, 0.2) is 0 Å². The highest BCUT2D eigenvalue weighted by molar-refractivity contribution is 6.03. The quantitative estimate of drug-likeness (QED) is 0.925. The normalized spacial score (nSPS) is 17.0. The first-order chi connectivity index (χ1) is 11.8. The average molecular weight is 344 g/mol. The number of hydrogen-bond acceptors (Lipinski definition) is 2. The first kappa shape index (κ1) is 17.1. The van der Waals surface area contributed by atoms with E-state index in [9.17, 15) is 18.4 Å². The summed E-state index contributed by atoms with van der Waals surface area (Å²) in [6, 6.07) is 8.63. The number of anilines is 2. The Hall–Kier alpha value is -2.76. The smallest absolute Gasteiger partial charge is 0.229 e. The van der Waals surface area contributed by atoms with Gasteiger partial charge in [0.1, 0.15) is 11.6 Å². The molecular formula is C19H18F2N2O2. The summed E-state index contributed by atoms with van der Waals surface area (Å²) in [6.07, 6.45) is 0.0571. The van der Waals surface area contributed by atoms with E-state index in [1.54, 1.807) is 4.90 Å². The van der Waals surface area contributed by atoms with Crippen molar-refractivity contribution in [3.63, 3.8) is 0 Å². The van der Waals surface area contributed by atoms with Gasteiger partial charge in [-0.15, -0.1) is 0 Å². The Morgan fingerprint density at radius 3 is 2.56 bits per heavy atom. The number of nitrogens with one attached hydrogen (secondary N) is 1. The summed E-state index contributed by atoms with van der Waals surface area (Å²) >= 11 is 0. The molecule has 0 aliphatic carbocycles. The zero-order valence-electron chi connectivity index (χ0n) is 14.0. The molecule has 1 N–H and O–H groups in total. The molecule has 1 heterocycles. The molecule has 1 fully saturated rings. The van der Waals surface area contributed by atoms with Gasteiger partial charge < -0.3 is 10.2 Å². The molecule has 130 valence electrons. The first-order valence-corrected chi connectivity index (χ1v) is 7.98. The molecule has 4 nitrogen and oxygen atoms in total. The Morgan fingerprint density at radius 2 is 1.88 bits per heavy atom. The molecule has 0 aromatic heterocycles. The summed E-state index contributed by atoms with van der Waals surface area (Å²) in [5, 5.41) is 2.43. The lowest BCUT2D eigenvalue weighted by Gasteiger charge is -2.18. The Morgan fingerprint density at radius 1 is 1.12 bits per heavy atom. The second-order valence-corrected chi connectivity index (χ2v) is 6.29. The van der Waals surface area contributed by atoms with Gasteiger partial charge in [-0.1, -0.05) is 6.07 Å². The zero-order chi connectivity index (χ0) is 18.1. The summed E-state index contributed by atoms with van der Waals surface area (Å²) in [7, 11) is 0. The molecule has 2 aromatic rings. The van der Waals surface area contributed by atoms with Crippen molar-refractivity contribution in [2.75, 3.05) is 16.8 Å². The van der Waals surface area contributed by atoms with Crippen molar-refractivity contribution < 1.29 is 18.4 Å². The molecule has 2 aromatic carbocycles. The van der Waals surface area contributed by atoms with Crippen LogP contribution in [0, 0.1) is 31.4 Å². The van der Waals surface area contributed by atoms with Crippen molar-refractivity contribution in [1.82, 2.24) is 0 Å². The molecule has 1 aliphatic rings. The lowest BCUT2D eigenvalue weighted by Crippen LogP contribution is -2.28. The van der Waals surface area contributed by atoms with Crippen LogP contribution >= 0.6 is 0 Å². The predicted molar refractivity (Wildman–Crippen MR) is 91.4 cm³/mol. The van der Waals surface area contributed by atoms with Crippen molar-refractivity contribution in [3.8, 4) is 0 Å². The van der Waals surface area contributed by atoms with Crippen LogP contribution in [0.4, 0.5) is 20.2 Å². The zero-order valence-corrected chi connectivity index (χ0v) is 14.0. The largest absolute Gasteiger partial charge is 0.323 e. The maximum Gasteiger partial charge on any atom is 0.229 e. The molecule has 1 saturated heterocycles. The van der Waals surface area contributed by atoms with E-state index in [4.69, 9.17) is 0 Å². The number of rotatable bonds is 3. The van der Waals surface area contributed by atoms with E-state index < -0.39 is 23.5 Å². The number of carbonyl (C=O) groups is 2. The van der Waals surface area contributed by atoms with E-state index in [1.165, 1.54) is 6.07 Å². The Bertz CT molecular complexity index is 851. The van der Waals surface area contributed by atoms with Crippen molar-refractivity contribution in [2.45, 2.75) is 20.3 Å². The topological polar surface area (TPSA) is 49.4 Å². The standard InChI is InChI=1S/C19H18F2N2O2/c1-11-3-5-15(7-12(11)2)23-10-13(8-18(23)24)19(25)22-17-6-4-14(20)9-16(17)21/h3-7,9,13H,8,10H2,1-2H3,(H,22,25). The monoisotopic (exact) mass is 344 g/mol. The van der Waals surface area contributed by atoms with Crippen LogP contribution in [0.1, 0.15) is 17.5 Å². The maximum atomic E-state index is 13.7. The van der Waals surface area contributed by atoms with Crippen LogP contribution < -0.4 is 10.2 Å². The van der Waals surface area contributed by atoms with Gasteiger partial charge in [-0.3, -0.25) is 9.59 Å². The van der Waals surface area contributed by atoms with Gasteiger partial charge in [-0.25, -0.2) is 8.78 Å². The van der Waals surface area contributed by atoms with Crippen LogP contribution in [0.3, 0.4) is 0 Å². The third-order valence-electron chi connectivity index (χ3n) is 4.49. The molecule has 1 unspecified atom stereocenters. The molecule has 0 saturated carbocycles. The molecular weight excluding hydrogens is 326 g/mol. The van der Waals surface area contributed by atoms with Gasteiger partial charge in [-0.05, 0) is 49.2 Å². The molecule has 0 bridgehead atoms.